The third-order valence-corrected chi connectivity index (χ3v) is 7.62. The average Bonchev–Trinajstić information content (AvgIpc) is 3.53. The number of hydrogen-bond acceptors (Lipinski definition) is 7. The second-order valence-electron chi connectivity index (χ2n) is 10.3. The maximum Gasteiger partial charge on any atom is 0.306 e. The Hall–Kier alpha value is -3.47. The van der Waals surface area contributed by atoms with Crippen molar-refractivity contribution >= 4 is 35.3 Å². The number of anilines is 1. The first-order valence-corrected chi connectivity index (χ1v) is 13.4. The highest BCUT2D eigenvalue weighted by molar-refractivity contribution is 5.97. The molecule has 3 saturated heterocycles. The first kappa shape index (κ1) is 27.6. The van der Waals surface area contributed by atoms with Crippen molar-refractivity contribution in [2.75, 3.05) is 12.4 Å². The Kier molecular flexibility index (Phi) is 8.98. The summed E-state index contributed by atoms with van der Waals surface area (Å²) < 4.78 is 5.01. The molecule has 4 N–H and O–H groups in total. The van der Waals surface area contributed by atoms with E-state index in [9.17, 15) is 24.0 Å². The smallest absolute Gasteiger partial charge is 0.306 e. The second-order valence-corrected chi connectivity index (χ2v) is 10.3. The first-order valence-electron chi connectivity index (χ1n) is 13.4. The highest BCUT2D eigenvalue weighted by atomic mass is 16.6. The van der Waals surface area contributed by atoms with E-state index in [2.05, 4.69) is 21.3 Å². The molecule has 1 unspecified atom stereocenters. The molecule has 5 atom stereocenters. The Morgan fingerprint density at radius 2 is 1.84 bits per heavy atom. The van der Waals surface area contributed by atoms with Gasteiger partial charge >= 0.3 is 5.97 Å². The van der Waals surface area contributed by atoms with E-state index in [0.29, 0.717) is 24.9 Å². The minimum absolute atomic E-state index is 0.0112. The van der Waals surface area contributed by atoms with Crippen molar-refractivity contribution < 1.29 is 28.7 Å². The number of rotatable bonds is 8. The molecule has 3 heterocycles. The van der Waals surface area contributed by atoms with E-state index in [1.54, 1.807) is 37.1 Å². The minimum atomic E-state index is -0.786. The number of carbonyl (C=O) groups is 5. The Labute approximate surface area is 222 Å². The Bertz CT molecular complexity index is 1080. The lowest BCUT2D eigenvalue weighted by atomic mass is 9.98. The molecule has 3 aliphatic heterocycles. The fourth-order valence-electron chi connectivity index (χ4n) is 5.35. The highest BCUT2D eigenvalue weighted by Crippen LogP contribution is 2.31. The largest absolute Gasteiger partial charge is 0.452 e. The molecule has 0 bridgehead atoms. The van der Waals surface area contributed by atoms with Crippen molar-refractivity contribution in [1.29, 1.82) is 0 Å². The number of amides is 4. The Balaban J connectivity index is 1.37. The molecule has 4 amide bonds. The summed E-state index contributed by atoms with van der Waals surface area (Å²) in [5, 5.41) is 11.5. The van der Waals surface area contributed by atoms with Gasteiger partial charge in [0.1, 0.15) is 12.1 Å². The van der Waals surface area contributed by atoms with Gasteiger partial charge in [-0.3, -0.25) is 24.0 Å². The molecule has 206 valence electrons. The molecule has 0 saturated carbocycles. The summed E-state index contributed by atoms with van der Waals surface area (Å²) in [5.74, 6) is -1.42. The van der Waals surface area contributed by atoms with E-state index in [4.69, 9.17) is 4.74 Å². The molecule has 11 heteroatoms. The van der Waals surface area contributed by atoms with Crippen LogP contribution in [-0.4, -0.2) is 71.8 Å². The molecule has 0 aromatic heterocycles. The van der Waals surface area contributed by atoms with Gasteiger partial charge in [-0.2, -0.15) is 0 Å². The van der Waals surface area contributed by atoms with E-state index >= 15 is 0 Å². The highest BCUT2D eigenvalue weighted by Gasteiger charge is 2.43. The number of esters is 1. The molecule has 1 aromatic carbocycles. The second kappa shape index (κ2) is 12.4. The number of benzene rings is 1. The van der Waals surface area contributed by atoms with Crippen molar-refractivity contribution in [3.63, 3.8) is 0 Å². The van der Waals surface area contributed by atoms with Gasteiger partial charge in [-0.05, 0) is 57.4 Å². The number of hydrogen-bond donors (Lipinski definition) is 4. The summed E-state index contributed by atoms with van der Waals surface area (Å²) in [6, 6.07) is 5.41. The molecule has 4 rings (SSSR count). The molecule has 38 heavy (non-hydrogen) atoms. The van der Waals surface area contributed by atoms with Crippen molar-refractivity contribution in [3.05, 3.63) is 29.8 Å². The predicted octanol–water partition coefficient (Wildman–Crippen LogP) is 0.973. The van der Waals surface area contributed by atoms with Crippen LogP contribution in [0, 0.1) is 0 Å². The van der Waals surface area contributed by atoms with Crippen molar-refractivity contribution in [2.24, 2.45) is 0 Å². The van der Waals surface area contributed by atoms with Crippen molar-refractivity contribution in [1.82, 2.24) is 20.9 Å². The monoisotopic (exact) mass is 527 g/mol. The van der Waals surface area contributed by atoms with Gasteiger partial charge in [-0.25, -0.2) is 0 Å². The lowest BCUT2D eigenvalue weighted by Gasteiger charge is -2.35. The molecular weight excluding hydrogens is 490 g/mol. The lowest BCUT2D eigenvalue weighted by molar-refractivity contribution is -0.146. The van der Waals surface area contributed by atoms with Crippen LogP contribution in [0.4, 0.5) is 5.69 Å². The van der Waals surface area contributed by atoms with Gasteiger partial charge in [0.2, 0.25) is 17.7 Å². The molecule has 0 aliphatic carbocycles. The summed E-state index contributed by atoms with van der Waals surface area (Å²) in [6.07, 6.45) is 4.32. The lowest BCUT2D eigenvalue weighted by Crippen LogP contribution is -2.57. The quantitative estimate of drug-likeness (QED) is 0.369. The number of ether oxygens (including phenoxy) is 1. The zero-order valence-electron chi connectivity index (χ0n) is 22.0. The number of carbonyl (C=O) groups excluding carboxylic acids is 5. The van der Waals surface area contributed by atoms with Crippen LogP contribution in [0.15, 0.2) is 24.3 Å². The van der Waals surface area contributed by atoms with Crippen molar-refractivity contribution in [2.45, 2.75) is 95.1 Å². The standard InChI is InChI=1S/C27H37N5O6/c1-16(28-2)24(34)31-20-9-4-3-8-19-10-11-21(32(19)27(20)37)25(35)29-15-17-6-5-7-18(14-17)30-26(36)22-12-13-23(33)38-22/h5-7,14,16,19-22,28H,3-4,8-13,15H2,1-2H3,(H,29,35)(H,30,36)(H,31,34)/t16-,19?,20-,21-,22+/m0/s1. The summed E-state index contributed by atoms with van der Waals surface area (Å²) in [4.78, 5) is 64.6. The number of nitrogens with one attached hydrogen (secondary N) is 4. The summed E-state index contributed by atoms with van der Waals surface area (Å²) in [6.45, 7) is 1.96. The topological polar surface area (TPSA) is 146 Å². The van der Waals surface area contributed by atoms with Crippen LogP contribution in [-0.2, 0) is 35.3 Å². The van der Waals surface area contributed by atoms with E-state index in [1.165, 1.54) is 0 Å². The average molecular weight is 528 g/mol. The molecule has 3 fully saturated rings. The molecule has 1 aromatic rings. The van der Waals surface area contributed by atoms with E-state index in [1.807, 2.05) is 6.07 Å². The van der Waals surface area contributed by atoms with Gasteiger partial charge in [0.05, 0.1) is 6.04 Å². The van der Waals surface area contributed by atoms with E-state index < -0.39 is 24.2 Å². The third kappa shape index (κ3) is 6.50. The third-order valence-electron chi connectivity index (χ3n) is 7.62. The molecule has 3 aliphatic rings. The number of likely N-dealkylation sites (N-methyl/N-ethyl adjacent to an activating group) is 1. The first-order chi connectivity index (χ1) is 18.3. The SMILES string of the molecule is CN[C@@H](C)C(=O)N[C@H]1CCCCC2CC[C@@H](C(=O)NCc3cccc(NC(=O)[C@H]4CCC(=O)O4)c3)N2C1=O. The van der Waals surface area contributed by atoms with Crippen LogP contribution in [0.5, 0.6) is 0 Å². The molecule has 0 spiro atoms. The van der Waals surface area contributed by atoms with E-state index in [0.717, 1.165) is 31.2 Å². The van der Waals surface area contributed by atoms with Crippen LogP contribution in [0.3, 0.4) is 0 Å². The van der Waals surface area contributed by atoms with Crippen LogP contribution in [0.25, 0.3) is 0 Å². The van der Waals surface area contributed by atoms with Gasteiger partial charge < -0.3 is 30.9 Å². The summed E-state index contributed by atoms with van der Waals surface area (Å²) in [5.41, 5.74) is 1.32. The van der Waals surface area contributed by atoms with Crippen LogP contribution in [0.1, 0.15) is 63.9 Å². The zero-order chi connectivity index (χ0) is 27.2. The number of nitrogens with zero attached hydrogens (tertiary/aromatic N) is 1. The van der Waals surface area contributed by atoms with Crippen molar-refractivity contribution in [3.8, 4) is 0 Å². The van der Waals surface area contributed by atoms with Gasteiger partial charge in [0.25, 0.3) is 5.91 Å². The maximum atomic E-state index is 13.5. The fourth-order valence-corrected chi connectivity index (χ4v) is 5.35. The summed E-state index contributed by atoms with van der Waals surface area (Å²) >= 11 is 0. The molecule has 0 radical (unpaired) electrons. The van der Waals surface area contributed by atoms with Gasteiger partial charge in [0, 0.05) is 31.1 Å². The predicted molar refractivity (Wildman–Crippen MR) is 139 cm³/mol. The summed E-state index contributed by atoms with van der Waals surface area (Å²) in [7, 11) is 1.69. The van der Waals surface area contributed by atoms with Gasteiger partial charge in [-0.1, -0.05) is 25.0 Å². The Morgan fingerprint density at radius 1 is 1.05 bits per heavy atom. The Morgan fingerprint density at radius 3 is 2.58 bits per heavy atom. The van der Waals surface area contributed by atoms with E-state index in [-0.39, 0.29) is 48.6 Å². The van der Waals surface area contributed by atoms with Crippen LogP contribution in [0.2, 0.25) is 0 Å². The minimum Gasteiger partial charge on any atom is -0.452 e. The van der Waals surface area contributed by atoms with Crippen LogP contribution >= 0.6 is 0 Å². The number of cyclic esters (lactones) is 1. The normalized spacial score (nSPS) is 26.0. The number of fused-ring (bicyclic) bond motifs is 1. The molecular formula is C27H37N5O6. The van der Waals surface area contributed by atoms with Gasteiger partial charge in [-0.15, -0.1) is 0 Å². The zero-order valence-corrected chi connectivity index (χ0v) is 22.0. The maximum absolute atomic E-state index is 13.5. The van der Waals surface area contributed by atoms with Gasteiger partial charge in [0.15, 0.2) is 6.10 Å². The fraction of sp³-hybridized carbons (Fsp3) is 0.593. The van der Waals surface area contributed by atoms with Crippen LogP contribution < -0.4 is 21.3 Å². The molecule has 11 nitrogen and oxygen atoms in total.